The Morgan fingerprint density at radius 1 is 1.16 bits per heavy atom. The van der Waals surface area contributed by atoms with Crippen LogP contribution in [-0.2, 0) is 21.2 Å². The summed E-state index contributed by atoms with van der Waals surface area (Å²) < 4.78 is 24.6. The van der Waals surface area contributed by atoms with Crippen LogP contribution in [0, 0.1) is 5.92 Å². The first-order chi connectivity index (χ1) is 17.5. The molecule has 3 aromatic rings. The molecule has 0 aliphatic heterocycles. The molecule has 2 amide bonds. The fourth-order valence-electron chi connectivity index (χ4n) is 4.43. The molecular weight excluding hydrogens is 510 g/mol. The molecule has 0 aliphatic rings. The van der Waals surface area contributed by atoms with Crippen LogP contribution in [0.3, 0.4) is 0 Å². The number of thiophene rings is 1. The van der Waals surface area contributed by atoms with E-state index in [2.05, 4.69) is 40.5 Å². The molecule has 0 saturated heterocycles. The Kier molecular flexibility index (Phi) is 9.86. The fourth-order valence-corrected chi connectivity index (χ4v) is 5.52. The van der Waals surface area contributed by atoms with Crippen molar-refractivity contribution >= 4 is 44.2 Å². The number of hydrogen-bond acceptors (Lipinski definition) is 6. The summed E-state index contributed by atoms with van der Waals surface area (Å²) in [5.41, 5.74) is 2.14. The van der Waals surface area contributed by atoms with E-state index in [1.54, 1.807) is 23.5 Å². The van der Waals surface area contributed by atoms with Crippen LogP contribution < -0.4 is 15.8 Å². The van der Waals surface area contributed by atoms with Gasteiger partial charge >= 0.3 is 0 Å². The number of carbonyl (C=O) groups is 2. The fraction of sp³-hybridized carbons (Fsp3) is 0.500. The van der Waals surface area contributed by atoms with Crippen molar-refractivity contribution in [1.82, 2.24) is 20.2 Å². The van der Waals surface area contributed by atoms with Crippen molar-refractivity contribution in [3.05, 3.63) is 52.0 Å². The number of imidazole rings is 1. The summed E-state index contributed by atoms with van der Waals surface area (Å²) in [5.74, 6) is -0.0953. The number of amides is 2. The maximum Gasteiger partial charge on any atom is 0.252 e. The van der Waals surface area contributed by atoms with Gasteiger partial charge in [0.25, 0.3) is 5.91 Å². The lowest BCUT2D eigenvalue weighted by Crippen LogP contribution is -2.48. The lowest BCUT2D eigenvalue weighted by molar-refractivity contribution is -0.123. The zero-order valence-electron chi connectivity index (χ0n) is 21.9. The predicted octanol–water partition coefficient (Wildman–Crippen LogP) is 3.60. The van der Waals surface area contributed by atoms with Crippen LogP contribution in [0.25, 0.3) is 11.0 Å². The number of nitrogens with zero attached hydrogens (tertiary/aromatic N) is 2. The first-order valence-corrected chi connectivity index (χ1v) is 15.2. The van der Waals surface area contributed by atoms with Gasteiger partial charge in [-0.15, -0.1) is 11.3 Å². The molecule has 2 heterocycles. The molecule has 0 fully saturated rings. The van der Waals surface area contributed by atoms with Crippen molar-refractivity contribution in [3.63, 3.8) is 0 Å². The van der Waals surface area contributed by atoms with Crippen molar-refractivity contribution in [2.24, 2.45) is 11.1 Å². The number of benzene rings is 1. The van der Waals surface area contributed by atoms with Crippen molar-refractivity contribution < 1.29 is 18.0 Å². The quantitative estimate of drug-likeness (QED) is 0.300. The maximum absolute atomic E-state index is 13.2. The second-order valence-corrected chi connectivity index (χ2v) is 12.4. The number of rotatable bonds is 13. The van der Waals surface area contributed by atoms with Crippen molar-refractivity contribution in [2.45, 2.75) is 65.5 Å². The van der Waals surface area contributed by atoms with Gasteiger partial charge in [0.1, 0.15) is 11.9 Å². The summed E-state index contributed by atoms with van der Waals surface area (Å²) in [4.78, 5) is 32.0. The SMILES string of the molecule is CCC(CC)n1c(Cc2cccs2)nc2cc(C(=O)NC(CC(C)C)C(=O)NCCS(N)(=O)=O)ccc21. The standard InChI is InChI=1S/C26H37N5O4S2/c1-5-19(6-2)31-23-10-9-18(15-21(23)29-24(31)16-20-8-7-12-36-20)25(32)30-22(14-17(3)4)26(33)28-11-13-37(27,34)35/h7-10,12,15,17,19,22H,5-6,11,13-14,16H2,1-4H3,(H,28,33)(H,30,32)(H2,27,34,35). The van der Waals surface area contributed by atoms with Gasteiger partial charge in [-0.05, 0) is 54.8 Å². The van der Waals surface area contributed by atoms with E-state index >= 15 is 0 Å². The minimum atomic E-state index is -3.69. The molecule has 4 N–H and O–H groups in total. The van der Waals surface area contributed by atoms with Crippen LogP contribution >= 0.6 is 11.3 Å². The Morgan fingerprint density at radius 2 is 1.89 bits per heavy atom. The summed E-state index contributed by atoms with van der Waals surface area (Å²) in [6, 6.07) is 9.09. The van der Waals surface area contributed by atoms with E-state index in [0.29, 0.717) is 18.0 Å². The van der Waals surface area contributed by atoms with E-state index in [1.165, 1.54) is 4.88 Å². The van der Waals surface area contributed by atoms with Crippen molar-refractivity contribution in [3.8, 4) is 0 Å². The smallest absolute Gasteiger partial charge is 0.252 e. The molecule has 0 bridgehead atoms. The van der Waals surface area contributed by atoms with Crippen LogP contribution in [-0.4, -0.2) is 48.1 Å². The van der Waals surface area contributed by atoms with Crippen LogP contribution in [0.1, 0.15) is 74.1 Å². The highest BCUT2D eigenvalue weighted by Crippen LogP contribution is 2.28. The number of hydrogen-bond donors (Lipinski definition) is 3. The third kappa shape index (κ3) is 7.86. The first kappa shape index (κ1) is 28.8. The van der Waals surface area contributed by atoms with E-state index in [4.69, 9.17) is 10.1 Å². The molecule has 1 unspecified atom stereocenters. The lowest BCUT2D eigenvalue weighted by Gasteiger charge is -2.20. The summed E-state index contributed by atoms with van der Waals surface area (Å²) in [5, 5.41) is 12.4. The topological polar surface area (TPSA) is 136 Å². The first-order valence-electron chi connectivity index (χ1n) is 12.6. The molecule has 0 aliphatic carbocycles. The van der Waals surface area contributed by atoms with Gasteiger partial charge in [-0.25, -0.2) is 18.5 Å². The minimum absolute atomic E-state index is 0.117. The molecule has 0 saturated carbocycles. The van der Waals surface area contributed by atoms with Crippen LogP contribution in [0.2, 0.25) is 0 Å². The molecule has 9 nitrogen and oxygen atoms in total. The van der Waals surface area contributed by atoms with Gasteiger partial charge in [0.2, 0.25) is 15.9 Å². The average Bonchev–Trinajstić information content (AvgIpc) is 3.46. The lowest BCUT2D eigenvalue weighted by atomic mass is 10.0. The normalized spacial score (nSPS) is 12.8. The third-order valence-electron chi connectivity index (χ3n) is 6.26. The number of fused-ring (bicyclic) bond motifs is 1. The number of nitrogens with one attached hydrogen (secondary N) is 2. The Bertz CT molecular complexity index is 1310. The van der Waals surface area contributed by atoms with Crippen LogP contribution in [0.5, 0.6) is 0 Å². The number of sulfonamides is 1. The summed E-state index contributed by atoms with van der Waals surface area (Å²) in [6.07, 6.45) is 3.07. The van der Waals surface area contributed by atoms with E-state index in [9.17, 15) is 18.0 Å². The number of aromatic nitrogens is 2. The van der Waals surface area contributed by atoms with Gasteiger partial charge in [-0.3, -0.25) is 9.59 Å². The molecule has 0 spiro atoms. The van der Waals surface area contributed by atoms with E-state index in [-0.39, 0.29) is 24.1 Å². The number of nitrogens with two attached hydrogens (primary N) is 1. The third-order valence-corrected chi connectivity index (χ3v) is 7.91. The highest BCUT2D eigenvalue weighted by Gasteiger charge is 2.24. The maximum atomic E-state index is 13.2. The molecule has 2 aromatic heterocycles. The van der Waals surface area contributed by atoms with Gasteiger partial charge in [-0.1, -0.05) is 33.8 Å². The monoisotopic (exact) mass is 547 g/mol. The molecular formula is C26H37N5O4S2. The van der Waals surface area contributed by atoms with Gasteiger partial charge in [0, 0.05) is 29.4 Å². The van der Waals surface area contributed by atoms with Gasteiger partial charge in [-0.2, -0.15) is 0 Å². The largest absolute Gasteiger partial charge is 0.353 e. The number of carbonyl (C=O) groups excluding carboxylic acids is 2. The zero-order chi connectivity index (χ0) is 27.2. The summed E-state index contributed by atoms with van der Waals surface area (Å²) in [6.45, 7) is 8.11. The van der Waals surface area contributed by atoms with Crippen LogP contribution in [0.15, 0.2) is 35.7 Å². The molecule has 11 heteroatoms. The Hall–Kier alpha value is -2.76. The van der Waals surface area contributed by atoms with Gasteiger partial charge in [0.05, 0.1) is 16.8 Å². The Morgan fingerprint density at radius 3 is 2.49 bits per heavy atom. The molecule has 1 aromatic carbocycles. The van der Waals surface area contributed by atoms with E-state index < -0.39 is 22.0 Å². The second-order valence-electron chi connectivity index (χ2n) is 9.64. The van der Waals surface area contributed by atoms with E-state index in [0.717, 1.165) is 36.1 Å². The second kappa shape index (κ2) is 12.7. The minimum Gasteiger partial charge on any atom is -0.353 e. The Balaban J connectivity index is 1.85. The zero-order valence-corrected chi connectivity index (χ0v) is 23.5. The van der Waals surface area contributed by atoms with Gasteiger partial charge in [0.15, 0.2) is 0 Å². The summed E-state index contributed by atoms with van der Waals surface area (Å²) in [7, 11) is -3.69. The van der Waals surface area contributed by atoms with Gasteiger partial charge < -0.3 is 15.2 Å². The van der Waals surface area contributed by atoms with E-state index in [1.807, 2.05) is 26.0 Å². The van der Waals surface area contributed by atoms with Crippen molar-refractivity contribution in [1.29, 1.82) is 0 Å². The molecule has 0 radical (unpaired) electrons. The van der Waals surface area contributed by atoms with Crippen molar-refractivity contribution in [2.75, 3.05) is 12.3 Å². The van der Waals surface area contributed by atoms with Crippen LogP contribution in [0.4, 0.5) is 0 Å². The molecule has 202 valence electrons. The highest BCUT2D eigenvalue weighted by atomic mass is 32.2. The number of primary sulfonamides is 1. The molecule has 3 rings (SSSR count). The predicted molar refractivity (Wildman–Crippen MR) is 148 cm³/mol. The summed E-state index contributed by atoms with van der Waals surface area (Å²) >= 11 is 1.70. The molecule has 1 atom stereocenters. The Labute approximate surface area is 222 Å². The highest BCUT2D eigenvalue weighted by molar-refractivity contribution is 7.89. The molecule has 37 heavy (non-hydrogen) atoms. The average molecular weight is 548 g/mol.